The fourth-order valence-corrected chi connectivity index (χ4v) is 2.23. The van der Waals surface area contributed by atoms with Crippen LogP contribution in [-0.4, -0.2) is 44.5 Å². The van der Waals surface area contributed by atoms with Gasteiger partial charge in [-0.3, -0.25) is 4.79 Å². The van der Waals surface area contributed by atoms with Crippen molar-refractivity contribution < 1.29 is 4.79 Å². The van der Waals surface area contributed by atoms with Gasteiger partial charge in [-0.1, -0.05) is 20.8 Å². The van der Waals surface area contributed by atoms with Crippen molar-refractivity contribution in [2.45, 2.75) is 40.5 Å². The summed E-state index contributed by atoms with van der Waals surface area (Å²) < 4.78 is 0. The van der Waals surface area contributed by atoms with Crippen molar-refractivity contribution in [2.24, 2.45) is 16.6 Å². The highest BCUT2D eigenvalue weighted by molar-refractivity contribution is 5.82. The summed E-state index contributed by atoms with van der Waals surface area (Å²) in [6.45, 7) is 10.5. The van der Waals surface area contributed by atoms with E-state index in [4.69, 9.17) is 5.73 Å². The van der Waals surface area contributed by atoms with E-state index < -0.39 is 5.41 Å². The fourth-order valence-electron chi connectivity index (χ4n) is 2.23. The minimum Gasteiger partial charge on any atom is -0.356 e. The van der Waals surface area contributed by atoms with Gasteiger partial charge in [0.1, 0.15) is 0 Å². The van der Waals surface area contributed by atoms with Gasteiger partial charge in [-0.05, 0) is 45.8 Å². The lowest BCUT2D eigenvalue weighted by Crippen LogP contribution is -2.46. The highest BCUT2D eigenvalue weighted by Gasteiger charge is 2.35. The summed E-state index contributed by atoms with van der Waals surface area (Å²) in [6, 6.07) is 0. The average molecular weight is 257 g/mol. The highest BCUT2D eigenvalue weighted by atomic mass is 16.2. The number of rotatable bonds is 7. The van der Waals surface area contributed by atoms with Crippen LogP contribution in [0.15, 0.2) is 0 Å². The van der Waals surface area contributed by atoms with Crippen LogP contribution in [0.4, 0.5) is 0 Å². The van der Waals surface area contributed by atoms with Crippen molar-refractivity contribution in [1.82, 2.24) is 10.2 Å². The van der Waals surface area contributed by atoms with E-state index in [2.05, 4.69) is 31.0 Å². The summed E-state index contributed by atoms with van der Waals surface area (Å²) in [7, 11) is 4.07. The predicted molar refractivity (Wildman–Crippen MR) is 77.4 cm³/mol. The van der Waals surface area contributed by atoms with E-state index in [1.165, 1.54) is 0 Å². The molecule has 0 radical (unpaired) electrons. The Hall–Kier alpha value is -0.610. The first kappa shape index (κ1) is 17.4. The first-order valence-electron chi connectivity index (χ1n) is 6.74. The number of nitrogens with two attached hydrogens (primary N) is 1. The summed E-state index contributed by atoms with van der Waals surface area (Å²) in [5, 5.41) is 3.01. The molecule has 0 saturated carbocycles. The van der Waals surface area contributed by atoms with Gasteiger partial charge >= 0.3 is 0 Å². The highest BCUT2D eigenvalue weighted by Crippen LogP contribution is 2.32. The molecule has 0 heterocycles. The van der Waals surface area contributed by atoms with E-state index in [9.17, 15) is 4.79 Å². The number of carbonyl (C=O) groups is 1. The van der Waals surface area contributed by atoms with Crippen molar-refractivity contribution in [2.75, 3.05) is 33.7 Å². The molecular weight excluding hydrogens is 226 g/mol. The maximum atomic E-state index is 12.2. The summed E-state index contributed by atoms with van der Waals surface area (Å²) in [6.07, 6.45) is 1.77. The smallest absolute Gasteiger partial charge is 0.227 e. The second-order valence-corrected chi connectivity index (χ2v) is 6.91. The van der Waals surface area contributed by atoms with Gasteiger partial charge in [0.2, 0.25) is 5.91 Å². The topological polar surface area (TPSA) is 58.4 Å². The number of hydrogen-bond donors (Lipinski definition) is 2. The van der Waals surface area contributed by atoms with Crippen LogP contribution in [0.1, 0.15) is 40.5 Å². The van der Waals surface area contributed by atoms with Crippen LogP contribution in [-0.2, 0) is 4.79 Å². The van der Waals surface area contributed by atoms with Crippen LogP contribution in [0.5, 0.6) is 0 Å². The molecule has 0 fully saturated rings. The van der Waals surface area contributed by atoms with Crippen LogP contribution < -0.4 is 11.1 Å². The molecule has 4 nitrogen and oxygen atoms in total. The minimum atomic E-state index is -0.462. The van der Waals surface area contributed by atoms with E-state index >= 15 is 0 Å². The number of nitrogens with zero attached hydrogens (tertiary/aromatic N) is 1. The molecule has 3 N–H and O–H groups in total. The number of carbonyl (C=O) groups excluding carboxylic acids is 1. The molecule has 0 aliphatic carbocycles. The van der Waals surface area contributed by atoms with E-state index in [-0.39, 0.29) is 11.3 Å². The lowest BCUT2D eigenvalue weighted by Gasteiger charge is -2.33. The van der Waals surface area contributed by atoms with Crippen LogP contribution in [0, 0.1) is 10.8 Å². The van der Waals surface area contributed by atoms with Crippen molar-refractivity contribution in [3.63, 3.8) is 0 Å². The largest absolute Gasteiger partial charge is 0.356 e. The molecule has 0 aliphatic rings. The zero-order valence-corrected chi connectivity index (χ0v) is 13.0. The summed E-state index contributed by atoms with van der Waals surface area (Å²) in [5.74, 6) is 0.0821. The third-order valence-electron chi connectivity index (χ3n) is 2.99. The molecule has 108 valence electrons. The number of nitrogens with one attached hydrogen (secondary N) is 1. The van der Waals surface area contributed by atoms with Crippen molar-refractivity contribution >= 4 is 5.91 Å². The van der Waals surface area contributed by atoms with Crippen LogP contribution >= 0.6 is 0 Å². The minimum absolute atomic E-state index is 0.0821. The van der Waals surface area contributed by atoms with Gasteiger partial charge in [0, 0.05) is 13.1 Å². The van der Waals surface area contributed by atoms with Crippen molar-refractivity contribution in [3.8, 4) is 0 Å². The van der Waals surface area contributed by atoms with Gasteiger partial charge in [-0.2, -0.15) is 0 Å². The summed E-state index contributed by atoms with van der Waals surface area (Å²) in [5.41, 5.74) is 5.44. The maximum Gasteiger partial charge on any atom is 0.227 e. The molecular formula is C14H31N3O. The zero-order chi connectivity index (χ0) is 14.4. The molecule has 1 atom stereocenters. The molecule has 4 heteroatoms. The average Bonchev–Trinajstić information content (AvgIpc) is 2.21. The molecule has 1 amide bonds. The predicted octanol–water partition coefficient (Wildman–Crippen LogP) is 1.46. The quantitative estimate of drug-likeness (QED) is 0.679. The standard InChI is InChI=1S/C14H31N3O/c1-13(2,3)10-14(4,11-15)12(18)16-8-7-9-17(5)6/h7-11,15H2,1-6H3,(H,16,18). The Morgan fingerprint density at radius 1 is 1.22 bits per heavy atom. The normalized spacial score (nSPS) is 15.6. The Balaban J connectivity index is 4.26. The first-order valence-corrected chi connectivity index (χ1v) is 6.74. The summed E-state index contributed by atoms with van der Waals surface area (Å²) >= 11 is 0. The zero-order valence-electron chi connectivity index (χ0n) is 13.0. The van der Waals surface area contributed by atoms with Gasteiger partial charge in [-0.25, -0.2) is 0 Å². The molecule has 0 aromatic rings. The van der Waals surface area contributed by atoms with E-state index in [0.717, 1.165) is 25.9 Å². The molecule has 0 spiro atoms. The molecule has 0 aromatic heterocycles. The molecule has 18 heavy (non-hydrogen) atoms. The Labute approximate surface area is 112 Å². The van der Waals surface area contributed by atoms with E-state index in [1.807, 2.05) is 21.0 Å². The maximum absolute atomic E-state index is 12.2. The Kier molecular flexibility index (Phi) is 6.86. The van der Waals surface area contributed by atoms with E-state index in [0.29, 0.717) is 6.54 Å². The van der Waals surface area contributed by atoms with Crippen molar-refractivity contribution in [3.05, 3.63) is 0 Å². The monoisotopic (exact) mass is 257 g/mol. The lowest BCUT2D eigenvalue weighted by atomic mass is 9.74. The van der Waals surface area contributed by atoms with Crippen LogP contribution in [0.2, 0.25) is 0 Å². The molecule has 0 rings (SSSR count). The number of amides is 1. The molecule has 0 saturated heterocycles. The molecule has 0 bridgehead atoms. The van der Waals surface area contributed by atoms with Gasteiger partial charge in [0.25, 0.3) is 0 Å². The van der Waals surface area contributed by atoms with Crippen LogP contribution in [0.3, 0.4) is 0 Å². The van der Waals surface area contributed by atoms with Crippen LogP contribution in [0.25, 0.3) is 0 Å². The molecule has 1 unspecified atom stereocenters. The Morgan fingerprint density at radius 2 is 1.78 bits per heavy atom. The van der Waals surface area contributed by atoms with E-state index in [1.54, 1.807) is 0 Å². The third-order valence-corrected chi connectivity index (χ3v) is 2.99. The third kappa shape index (κ3) is 6.97. The second kappa shape index (κ2) is 7.10. The van der Waals surface area contributed by atoms with Gasteiger partial charge in [-0.15, -0.1) is 0 Å². The fraction of sp³-hybridized carbons (Fsp3) is 0.929. The molecule has 0 aliphatic heterocycles. The van der Waals surface area contributed by atoms with Crippen molar-refractivity contribution in [1.29, 1.82) is 0 Å². The van der Waals surface area contributed by atoms with Gasteiger partial charge in [0.15, 0.2) is 0 Å². The van der Waals surface area contributed by atoms with Gasteiger partial charge < -0.3 is 16.0 Å². The first-order chi connectivity index (χ1) is 8.10. The molecule has 0 aromatic carbocycles. The lowest BCUT2D eigenvalue weighted by molar-refractivity contribution is -0.131. The number of hydrogen-bond acceptors (Lipinski definition) is 3. The SMILES string of the molecule is CN(C)CCCNC(=O)C(C)(CN)CC(C)(C)C. The summed E-state index contributed by atoms with van der Waals surface area (Å²) in [4.78, 5) is 14.3. The Bertz CT molecular complexity index is 258. The van der Waals surface area contributed by atoms with Gasteiger partial charge in [0.05, 0.1) is 5.41 Å². The second-order valence-electron chi connectivity index (χ2n) is 6.91. The Morgan fingerprint density at radius 3 is 2.17 bits per heavy atom.